The number of halogens is 1. The second-order valence-corrected chi connectivity index (χ2v) is 5.51. The molecule has 112 valence electrons. The summed E-state index contributed by atoms with van der Waals surface area (Å²) in [4.78, 5) is 0. The van der Waals surface area contributed by atoms with Crippen molar-refractivity contribution in [3.8, 4) is 11.5 Å². The van der Waals surface area contributed by atoms with Crippen LogP contribution in [0.25, 0.3) is 0 Å². The molecule has 2 aromatic carbocycles. The Morgan fingerprint density at radius 2 is 1.81 bits per heavy atom. The van der Waals surface area contributed by atoms with Gasteiger partial charge in [-0.1, -0.05) is 43.1 Å². The molecule has 0 aliphatic rings. The van der Waals surface area contributed by atoms with Gasteiger partial charge in [0, 0.05) is 10.6 Å². The van der Waals surface area contributed by atoms with Crippen LogP contribution in [0.5, 0.6) is 11.5 Å². The standard InChI is InChI=1S/C18H22ClNO/c1-2-3-5-14-8-10-15(11-9-14)21-18-7-4-6-17(19)16(18)12-13-20/h4,6-11H,2-3,5,12-13,20H2,1H3. The van der Waals surface area contributed by atoms with E-state index in [1.807, 2.05) is 30.3 Å². The minimum atomic E-state index is 0.552. The molecule has 0 fully saturated rings. The lowest BCUT2D eigenvalue weighted by molar-refractivity contribution is 0.476. The van der Waals surface area contributed by atoms with Crippen LogP contribution in [0.3, 0.4) is 0 Å². The average molecular weight is 304 g/mol. The van der Waals surface area contributed by atoms with Crippen LogP contribution in [0.2, 0.25) is 5.02 Å². The summed E-state index contributed by atoms with van der Waals surface area (Å²) >= 11 is 6.22. The van der Waals surface area contributed by atoms with Gasteiger partial charge in [0.2, 0.25) is 0 Å². The number of nitrogens with two attached hydrogens (primary N) is 1. The summed E-state index contributed by atoms with van der Waals surface area (Å²) in [6.07, 6.45) is 4.26. The monoisotopic (exact) mass is 303 g/mol. The second kappa shape index (κ2) is 8.06. The van der Waals surface area contributed by atoms with Crippen molar-refractivity contribution in [2.24, 2.45) is 5.73 Å². The fourth-order valence-corrected chi connectivity index (χ4v) is 2.51. The Labute approximate surface area is 131 Å². The van der Waals surface area contributed by atoms with Crippen LogP contribution in [0.1, 0.15) is 30.9 Å². The molecule has 0 aliphatic heterocycles. The van der Waals surface area contributed by atoms with Crippen molar-refractivity contribution < 1.29 is 4.74 Å². The maximum absolute atomic E-state index is 6.22. The van der Waals surface area contributed by atoms with Gasteiger partial charge < -0.3 is 10.5 Å². The molecule has 2 nitrogen and oxygen atoms in total. The minimum Gasteiger partial charge on any atom is -0.457 e. The lowest BCUT2D eigenvalue weighted by atomic mass is 10.1. The molecule has 2 N–H and O–H groups in total. The molecule has 0 saturated heterocycles. The van der Waals surface area contributed by atoms with E-state index in [9.17, 15) is 0 Å². The fourth-order valence-electron chi connectivity index (χ4n) is 2.25. The molecule has 0 radical (unpaired) electrons. The molecule has 0 unspecified atom stereocenters. The Kier molecular flexibility index (Phi) is 6.09. The number of hydrogen-bond acceptors (Lipinski definition) is 2. The van der Waals surface area contributed by atoms with Crippen molar-refractivity contribution in [2.75, 3.05) is 6.54 Å². The molecule has 0 aromatic heterocycles. The van der Waals surface area contributed by atoms with Gasteiger partial charge in [-0.15, -0.1) is 0 Å². The quantitative estimate of drug-likeness (QED) is 0.783. The third-order valence-corrected chi connectivity index (χ3v) is 3.79. The topological polar surface area (TPSA) is 35.2 Å². The van der Waals surface area contributed by atoms with E-state index >= 15 is 0 Å². The van der Waals surface area contributed by atoms with E-state index in [-0.39, 0.29) is 0 Å². The van der Waals surface area contributed by atoms with Gasteiger partial charge in [-0.2, -0.15) is 0 Å². The summed E-state index contributed by atoms with van der Waals surface area (Å²) in [5, 5.41) is 0.706. The Morgan fingerprint density at radius 3 is 2.48 bits per heavy atom. The van der Waals surface area contributed by atoms with Crippen LogP contribution in [0.15, 0.2) is 42.5 Å². The third kappa shape index (κ3) is 4.48. The van der Waals surface area contributed by atoms with E-state index in [1.165, 1.54) is 18.4 Å². The highest BCUT2D eigenvalue weighted by Crippen LogP contribution is 2.30. The van der Waals surface area contributed by atoms with E-state index < -0.39 is 0 Å². The zero-order valence-corrected chi connectivity index (χ0v) is 13.2. The van der Waals surface area contributed by atoms with Gasteiger partial charge >= 0.3 is 0 Å². The van der Waals surface area contributed by atoms with Crippen molar-refractivity contribution in [1.82, 2.24) is 0 Å². The number of unbranched alkanes of at least 4 members (excludes halogenated alkanes) is 1. The van der Waals surface area contributed by atoms with Crippen molar-refractivity contribution in [1.29, 1.82) is 0 Å². The predicted octanol–water partition coefficient (Wildman–Crippen LogP) is 4.98. The minimum absolute atomic E-state index is 0.552. The normalized spacial score (nSPS) is 10.6. The Bertz CT molecular complexity index is 566. The van der Waals surface area contributed by atoms with Gasteiger partial charge in [-0.25, -0.2) is 0 Å². The molecule has 0 saturated carbocycles. The average Bonchev–Trinajstić information content (AvgIpc) is 2.50. The van der Waals surface area contributed by atoms with Gasteiger partial charge in [-0.3, -0.25) is 0 Å². The first-order valence-corrected chi connectivity index (χ1v) is 7.86. The SMILES string of the molecule is CCCCc1ccc(Oc2cccc(Cl)c2CCN)cc1. The van der Waals surface area contributed by atoms with E-state index in [0.717, 1.165) is 23.5 Å². The van der Waals surface area contributed by atoms with Gasteiger partial charge in [0.05, 0.1) is 0 Å². The molecule has 21 heavy (non-hydrogen) atoms. The summed E-state index contributed by atoms with van der Waals surface area (Å²) in [6.45, 7) is 2.76. The highest BCUT2D eigenvalue weighted by molar-refractivity contribution is 6.31. The first-order valence-electron chi connectivity index (χ1n) is 7.49. The number of aryl methyl sites for hydroxylation is 1. The zero-order valence-electron chi connectivity index (χ0n) is 12.4. The summed E-state index contributed by atoms with van der Waals surface area (Å²) in [5.41, 5.74) is 7.96. The maximum atomic E-state index is 6.22. The van der Waals surface area contributed by atoms with Crippen molar-refractivity contribution >= 4 is 11.6 Å². The summed E-state index contributed by atoms with van der Waals surface area (Å²) in [7, 11) is 0. The molecule has 3 heteroatoms. The third-order valence-electron chi connectivity index (χ3n) is 3.44. The lowest BCUT2D eigenvalue weighted by Gasteiger charge is -2.12. The number of ether oxygens (including phenoxy) is 1. The first kappa shape index (κ1) is 15.9. The number of benzene rings is 2. The second-order valence-electron chi connectivity index (χ2n) is 5.10. The molecule has 2 rings (SSSR count). The van der Waals surface area contributed by atoms with Crippen molar-refractivity contribution in [2.45, 2.75) is 32.6 Å². The van der Waals surface area contributed by atoms with E-state index in [2.05, 4.69) is 19.1 Å². The molecule has 0 atom stereocenters. The first-order chi connectivity index (χ1) is 10.2. The van der Waals surface area contributed by atoms with E-state index in [1.54, 1.807) is 0 Å². The van der Waals surface area contributed by atoms with Crippen LogP contribution in [0, 0.1) is 0 Å². The highest BCUT2D eigenvalue weighted by atomic mass is 35.5. The predicted molar refractivity (Wildman–Crippen MR) is 89.3 cm³/mol. The van der Waals surface area contributed by atoms with E-state index in [0.29, 0.717) is 18.0 Å². The highest BCUT2D eigenvalue weighted by Gasteiger charge is 2.08. The summed E-state index contributed by atoms with van der Waals surface area (Å²) in [6, 6.07) is 14.0. The zero-order chi connectivity index (χ0) is 15.1. The Morgan fingerprint density at radius 1 is 1.05 bits per heavy atom. The van der Waals surface area contributed by atoms with E-state index in [4.69, 9.17) is 22.1 Å². The molecular weight excluding hydrogens is 282 g/mol. The van der Waals surface area contributed by atoms with Gasteiger partial charge in [-0.05, 0) is 55.6 Å². The maximum Gasteiger partial charge on any atom is 0.132 e. The molecule has 0 aliphatic carbocycles. The van der Waals surface area contributed by atoms with Crippen LogP contribution in [-0.4, -0.2) is 6.54 Å². The summed E-state index contributed by atoms with van der Waals surface area (Å²) in [5.74, 6) is 1.62. The smallest absolute Gasteiger partial charge is 0.132 e. The molecule has 0 heterocycles. The molecule has 0 spiro atoms. The Hall–Kier alpha value is -1.51. The molecule has 2 aromatic rings. The van der Waals surface area contributed by atoms with Gasteiger partial charge in [0.25, 0.3) is 0 Å². The van der Waals surface area contributed by atoms with Crippen LogP contribution < -0.4 is 10.5 Å². The lowest BCUT2D eigenvalue weighted by Crippen LogP contribution is -2.04. The van der Waals surface area contributed by atoms with Crippen molar-refractivity contribution in [3.05, 3.63) is 58.6 Å². The largest absolute Gasteiger partial charge is 0.457 e. The van der Waals surface area contributed by atoms with Gasteiger partial charge in [0.15, 0.2) is 0 Å². The molecular formula is C18H22ClNO. The number of hydrogen-bond donors (Lipinski definition) is 1. The molecule has 0 bridgehead atoms. The van der Waals surface area contributed by atoms with Crippen LogP contribution in [0.4, 0.5) is 0 Å². The fraction of sp³-hybridized carbons (Fsp3) is 0.333. The number of rotatable bonds is 7. The van der Waals surface area contributed by atoms with Crippen LogP contribution in [-0.2, 0) is 12.8 Å². The van der Waals surface area contributed by atoms with Gasteiger partial charge in [0.1, 0.15) is 11.5 Å². The Balaban J connectivity index is 2.12. The van der Waals surface area contributed by atoms with Crippen LogP contribution >= 0.6 is 11.6 Å². The summed E-state index contributed by atoms with van der Waals surface area (Å²) < 4.78 is 5.96. The van der Waals surface area contributed by atoms with Crippen molar-refractivity contribution in [3.63, 3.8) is 0 Å². The molecule has 0 amide bonds.